The highest BCUT2D eigenvalue weighted by atomic mass is 15.3. The summed E-state index contributed by atoms with van der Waals surface area (Å²) in [7, 11) is 0. The SMILES string of the molecule is C=C(/C=C(/NCC(CCC)CCC)n1ncc(N)c1C)c1ccccc1C.C=C(C)c1ccccc1N. The van der Waals surface area contributed by atoms with Crippen LogP contribution in [-0.2, 0) is 0 Å². The van der Waals surface area contributed by atoms with E-state index in [1.54, 1.807) is 6.20 Å². The van der Waals surface area contributed by atoms with Gasteiger partial charge >= 0.3 is 0 Å². The lowest BCUT2D eigenvalue weighted by Crippen LogP contribution is -2.25. The average molecular weight is 500 g/mol. The number of aromatic nitrogens is 2. The fourth-order valence-corrected chi connectivity index (χ4v) is 4.33. The summed E-state index contributed by atoms with van der Waals surface area (Å²) in [5, 5.41) is 8.10. The summed E-state index contributed by atoms with van der Waals surface area (Å²) in [6.45, 7) is 19.6. The van der Waals surface area contributed by atoms with Gasteiger partial charge in [-0.25, -0.2) is 4.68 Å². The van der Waals surface area contributed by atoms with E-state index in [0.29, 0.717) is 11.6 Å². The summed E-state index contributed by atoms with van der Waals surface area (Å²) in [6, 6.07) is 16.0. The second-order valence-corrected chi connectivity index (χ2v) is 9.66. The zero-order chi connectivity index (χ0) is 27.4. The number of nitrogens with two attached hydrogens (primary N) is 2. The van der Waals surface area contributed by atoms with Gasteiger partial charge in [0.05, 0.1) is 17.6 Å². The zero-order valence-electron chi connectivity index (χ0n) is 23.3. The fraction of sp³-hybridized carbons (Fsp3) is 0.344. The number of aryl methyl sites for hydroxylation is 1. The second kappa shape index (κ2) is 14.7. The van der Waals surface area contributed by atoms with Crippen molar-refractivity contribution in [1.29, 1.82) is 0 Å². The lowest BCUT2D eigenvalue weighted by molar-refractivity contribution is 0.429. The number of nitrogens with zero attached hydrogens (tertiary/aromatic N) is 2. The first-order valence-corrected chi connectivity index (χ1v) is 13.2. The Morgan fingerprint density at radius 2 is 1.54 bits per heavy atom. The van der Waals surface area contributed by atoms with Gasteiger partial charge in [0.15, 0.2) is 0 Å². The molecule has 1 aromatic heterocycles. The van der Waals surface area contributed by atoms with Crippen LogP contribution in [0.4, 0.5) is 11.4 Å². The van der Waals surface area contributed by atoms with Crippen molar-refractivity contribution < 1.29 is 0 Å². The van der Waals surface area contributed by atoms with Crippen LogP contribution in [0.1, 0.15) is 68.8 Å². The van der Waals surface area contributed by atoms with Gasteiger partial charge in [0.25, 0.3) is 0 Å². The summed E-state index contributed by atoms with van der Waals surface area (Å²) in [5.74, 6) is 1.58. The van der Waals surface area contributed by atoms with Gasteiger partial charge in [-0.2, -0.15) is 5.10 Å². The molecule has 2 aromatic carbocycles. The van der Waals surface area contributed by atoms with Gasteiger partial charge in [0, 0.05) is 12.2 Å². The first kappa shape index (κ1) is 29.5. The summed E-state index contributed by atoms with van der Waals surface area (Å²) in [4.78, 5) is 0. The maximum atomic E-state index is 6.04. The van der Waals surface area contributed by atoms with Crippen molar-refractivity contribution in [2.24, 2.45) is 5.92 Å². The molecule has 0 spiro atoms. The Morgan fingerprint density at radius 1 is 0.946 bits per heavy atom. The third-order valence-corrected chi connectivity index (χ3v) is 6.46. The molecule has 0 unspecified atom stereocenters. The maximum absolute atomic E-state index is 6.04. The largest absolute Gasteiger partial charge is 0.398 e. The standard InChI is InChI=1S/C23H34N4.C9H11N/c1-6-10-20(11-7-2)15-25-23(27-19(5)22(24)16-26-27)14-18(4)21-13-9-8-12-17(21)3;1-7(2)8-5-3-4-6-9(8)10/h8-9,12-14,16,20,25H,4,6-7,10-11,15,24H2,1-3,5H3;3-6H,1,10H2,2H3/b23-14-;. The highest BCUT2D eigenvalue weighted by molar-refractivity contribution is 5.79. The molecule has 37 heavy (non-hydrogen) atoms. The first-order valence-electron chi connectivity index (χ1n) is 13.2. The van der Waals surface area contributed by atoms with Crippen molar-refractivity contribution in [3.63, 3.8) is 0 Å². The van der Waals surface area contributed by atoms with E-state index < -0.39 is 0 Å². The third-order valence-electron chi connectivity index (χ3n) is 6.46. The number of rotatable bonds is 11. The van der Waals surface area contributed by atoms with Gasteiger partial charge in [-0.1, -0.05) is 82.3 Å². The molecular formula is C32H45N5. The van der Waals surface area contributed by atoms with Crippen LogP contribution in [-0.4, -0.2) is 16.3 Å². The van der Waals surface area contributed by atoms with E-state index in [-0.39, 0.29) is 0 Å². The van der Waals surface area contributed by atoms with E-state index in [0.717, 1.165) is 46.0 Å². The Bertz CT molecular complexity index is 1200. The van der Waals surface area contributed by atoms with Crippen LogP contribution in [0.15, 0.2) is 74.0 Å². The average Bonchev–Trinajstić information content (AvgIpc) is 3.20. The molecule has 5 N–H and O–H groups in total. The van der Waals surface area contributed by atoms with Gasteiger partial charge in [0.2, 0.25) is 0 Å². The van der Waals surface area contributed by atoms with Crippen LogP contribution in [0, 0.1) is 19.8 Å². The molecule has 0 amide bonds. The van der Waals surface area contributed by atoms with E-state index in [4.69, 9.17) is 11.5 Å². The van der Waals surface area contributed by atoms with E-state index in [2.05, 4.69) is 62.6 Å². The Kier molecular flexibility index (Phi) is 11.8. The Morgan fingerprint density at radius 3 is 2.03 bits per heavy atom. The normalized spacial score (nSPS) is 11.1. The van der Waals surface area contributed by atoms with Crippen molar-refractivity contribution in [3.8, 4) is 0 Å². The molecule has 3 rings (SSSR count). The molecule has 5 nitrogen and oxygen atoms in total. The van der Waals surface area contributed by atoms with Crippen molar-refractivity contribution in [2.75, 3.05) is 18.0 Å². The van der Waals surface area contributed by atoms with E-state index >= 15 is 0 Å². The first-order chi connectivity index (χ1) is 17.7. The van der Waals surface area contributed by atoms with Crippen molar-refractivity contribution in [2.45, 2.75) is 60.3 Å². The zero-order valence-corrected chi connectivity index (χ0v) is 23.3. The van der Waals surface area contributed by atoms with Crippen molar-refractivity contribution in [3.05, 3.63) is 96.3 Å². The fourth-order valence-electron chi connectivity index (χ4n) is 4.33. The minimum absolute atomic E-state index is 0.656. The van der Waals surface area contributed by atoms with Crippen molar-refractivity contribution in [1.82, 2.24) is 15.1 Å². The predicted molar refractivity (Wildman–Crippen MR) is 163 cm³/mol. The number of hydrogen-bond donors (Lipinski definition) is 3. The summed E-state index contributed by atoms with van der Waals surface area (Å²) >= 11 is 0. The van der Waals surface area contributed by atoms with E-state index in [9.17, 15) is 0 Å². The van der Waals surface area contributed by atoms with E-state index in [1.165, 1.54) is 31.2 Å². The number of benzene rings is 2. The summed E-state index contributed by atoms with van der Waals surface area (Å²) in [5.41, 5.74) is 19.5. The Labute approximate surface area is 224 Å². The summed E-state index contributed by atoms with van der Waals surface area (Å²) in [6.07, 6.45) is 8.65. The molecule has 0 saturated heterocycles. The van der Waals surface area contributed by atoms with Gasteiger partial charge in [0.1, 0.15) is 5.82 Å². The smallest absolute Gasteiger partial charge is 0.128 e. The molecule has 0 aliphatic carbocycles. The minimum Gasteiger partial charge on any atom is -0.398 e. The number of para-hydroxylation sites is 1. The molecule has 5 heteroatoms. The van der Waals surface area contributed by atoms with Crippen LogP contribution in [0.5, 0.6) is 0 Å². The van der Waals surface area contributed by atoms with Crippen LogP contribution in [0.3, 0.4) is 0 Å². The monoisotopic (exact) mass is 499 g/mol. The molecule has 0 saturated carbocycles. The van der Waals surface area contributed by atoms with Crippen LogP contribution in [0.2, 0.25) is 0 Å². The lowest BCUT2D eigenvalue weighted by atomic mass is 9.98. The number of nitrogens with one attached hydrogen (secondary N) is 1. The van der Waals surface area contributed by atoms with Crippen molar-refractivity contribution >= 4 is 28.3 Å². The number of hydrogen-bond acceptors (Lipinski definition) is 4. The highest BCUT2D eigenvalue weighted by Gasteiger charge is 2.13. The number of allylic oxidation sites excluding steroid dienone is 3. The maximum Gasteiger partial charge on any atom is 0.128 e. The van der Waals surface area contributed by atoms with Gasteiger partial charge < -0.3 is 16.8 Å². The second-order valence-electron chi connectivity index (χ2n) is 9.66. The molecule has 0 atom stereocenters. The molecule has 0 bridgehead atoms. The molecule has 3 aromatic rings. The molecule has 198 valence electrons. The van der Waals surface area contributed by atoms with Crippen LogP contribution < -0.4 is 16.8 Å². The van der Waals surface area contributed by atoms with Gasteiger partial charge in [-0.3, -0.25) is 0 Å². The van der Waals surface area contributed by atoms with Crippen LogP contribution in [0.25, 0.3) is 17.0 Å². The molecular weight excluding hydrogens is 454 g/mol. The highest BCUT2D eigenvalue weighted by Crippen LogP contribution is 2.22. The summed E-state index contributed by atoms with van der Waals surface area (Å²) < 4.78 is 1.88. The Hall–Kier alpha value is -3.73. The lowest BCUT2D eigenvalue weighted by Gasteiger charge is -2.20. The number of nitrogen functional groups attached to an aromatic ring is 2. The van der Waals surface area contributed by atoms with Gasteiger partial charge in [-0.05, 0) is 79.5 Å². The molecule has 0 aliphatic heterocycles. The molecule has 0 radical (unpaired) electrons. The quantitative estimate of drug-likeness (QED) is 0.186. The number of anilines is 2. The predicted octanol–water partition coefficient (Wildman–Crippen LogP) is 7.70. The Balaban J connectivity index is 0.000000402. The topological polar surface area (TPSA) is 81.9 Å². The molecule has 0 aliphatic rings. The third kappa shape index (κ3) is 8.71. The molecule has 0 fully saturated rings. The molecule has 1 heterocycles. The van der Waals surface area contributed by atoms with Crippen LogP contribution >= 0.6 is 0 Å². The van der Waals surface area contributed by atoms with E-state index in [1.807, 2.05) is 54.9 Å². The van der Waals surface area contributed by atoms with Gasteiger partial charge in [-0.15, -0.1) is 0 Å². The minimum atomic E-state index is 0.656.